The molecule has 0 radical (unpaired) electrons. The maximum atomic E-state index is 13.6. The summed E-state index contributed by atoms with van der Waals surface area (Å²) in [6.45, 7) is 6.04. The first-order chi connectivity index (χ1) is 10.0. The largest absolute Gasteiger partial charge is 0.485 e. The van der Waals surface area contributed by atoms with Crippen LogP contribution >= 0.6 is 0 Å². The van der Waals surface area contributed by atoms with Crippen molar-refractivity contribution in [3.8, 4) is 5.75 Å². The first-order valence-corrected chi connectivity index (χ1v) is 7.00. The lowest BCUT2D eigenvalue weighted by Gasteiger charge is -2.10. The van der Waals surface area contributed by atoms with E-state index in [0.717, 1.165) is 12.1 Å². The Morgan fingerprint density at radius 1 is 1.33 bits per heavy atom. The van der Waals surface area contributed by atoms with Crippen molar-refractivity contribution in [3.63, 3.8) is 0 Å². The van der Waals surface area contributed by atoms with Gasteiger partial charge in [-0.15, -0.1) is 10.2 Å². The van der Waals surface area contributed by atoms with Gasteiger partial charge >= 0.3 is 0 Å². The third kappa shape index (κ3) is 4.82. The average molecular weight is 292 g/mol. The highest BCUT2D eigenvalue weighted by Gasteiger charge is 2.05. The van der Waals surface area contributed by atoms with Gasteiger partial charge in [0, 0.05) is 19.7 Å². The predicted molar refractivity (Wildman–Crippen MR) is 78.3 cm³/mol. The molecular weight excluding hydrogens is 271 g/mol. The van der Waals surface area contributed by atoms with Gasteiger partial charge in [-0.25, -0.2) is 4.39 Å². The number of rotatable bonds is 7. The second-order valence-electron chi connectivity index (χ2n) is 5.47. The molecular formula is C15H21FN4O. The molecule has 5 nitrogen and oxygen atoms in total. The van der Waals surface area contributed by atoms with Crippen LogP contribution in [0.5, 0.6) is 5.75 Å². The van der Waals surface area contributed by atoms with Gasteiger partial charge in [0.2, 0.25) is 0 Å². The van der Waals surface area contributed by atoms with E-state index in [1.165, 1.54) is 12.1 Å². The van der Waals surface area contributed by atoms with Crippen LogP contribution in [0.2, 0.25) is 0 Å². The van der Waals surface area contributed by atoms with Crippen molar-refractivity contribution in [2.75, 3.05) is 6.54 Å². The fourth-order valence-corrected chi connectivity index (χ4v) is 1.90. The number of benzene rings is 1. The number of hydrogen-bond acceptors (Lipinski definition) is 4. The molecule has 2 aromatic rings. The van der Waals surface area contributed by atoms with Crippen LogP contribution in [-0.2, 0) is 20.2 Å². The Hall–Kier alpha value is -1.95. The fourth-order valence-electron chi connectivity index (χ4n) is 1.90. The summed E-state index contributed by atoms with van der Waals surface area (Å²) in [5, 5.41) is 11.0. The predicted octanol–water partition coefficient (Wildman–Crippen LogP) is 2.28. The third-order valence-electron chi connectivity index (χ3n) is 2.99. The molecule has 1 N–H and O–H groups in total. The number of nitrogens with one attached hydrogen (secondary N) is 1. The van der Waals surface area contributed by atoms with Gasteiger partial charge < -0.3 is 14.6 Å². The van der Waals surface area contributed by atoms with E-state index in [2.05, 4.69) is 29.4 Å². The molecule has 21 heavy (non-hydrogen) atoms. The topological polar surface area (TPSA) is 52.0 Å². The summed E-state index contributed by atoms with van der Waals surface area (Å²) < 4.78 is 21.0. The Bertz CT molecular complexity index is 583. The van der Waals surface area contributed by atoms with Crippen LogP contribution in [0.3, 0.4) is 0 Å². The minimum atomic E-state index is -0.299. The van der Waals surface area contributed by atoms with Gasteiger partial charge in [-0.05, 0) is 30.2 Å². The van der Waals surface area contributed by atoms with E-state index in [9.17, 15) is 4.39 Å². The molecule has 0 saturated carbocycles. The van der Waals surface area contributed by atoms with Crippen LogP contribution < -0.4 is 10.1 Å². The van der Waals surface area contributed by atoms with Crippen LogP contribution in [-0.4, -0.2) is 21.3 Å². The first-order valence-electron chi connectivity index (χ1n) is 7.00. The minimum absolute atomic E-state index is 0.263. The molecule has 1 aromatic carbocycles. The maximum absolute atomic E-state index is 13.6. The summed E-state index contributed by atoms with van der Waals surface area (Å²) in [6, 6.07) is 4.73. The second-order valence-corrected chi connectivity index (χ2v) is 5.47. The van der Waals surface area contributed by atoms with E-state index in [4.69, 9.17) is 4.74 Å². The zero-order chi connectivity index (χ0) is 15.2. The van der Waals surface area contributed by atoms with Gasteiger partial charge in [0.25, 0.3) is 0 Å². The smallest absolute Gasteiger partial charge is 0.170 e. The molecule has 1 heterocycles. The lowest BCUT2D eigenvalue weighted by atomic mass is 10.2. The number of ether oxygens (including phenoxy) is 1. The van der Waals surface area contributed by atoms with Gasteiger partial charge in [-0.2, -0.15) is 0 Å². The van der Waals surface area contributed by atoms with Crippen LogP contribution in [0.25, 0.3) is 0 Å². The SMILES string of the molecule is CC(C)CNCc1cc(F)cc(OCc2nncn2C)c1. The fraction of sp³-hybridized carbons (Fsp3) is 0.467. The maximum Gasteiger partial charge on any atom is 0.170 e. The van der Waals surface area contributed by atoms with Gasteiger partial charge in [-0.3, -0.25) is 0 Å². The van der Waals surface area contributed by atoms with Gasteiger partial charge in [-0.1, -0.05) is 13.8 Å². The van der Waals surface area contributed by atoms with Crippen molar-refractivity contribution in [2.45, 2.75) is 27.0 Å². The summed E-state index contributed by atoms with van der Waals surface area (Å²) in [4.78, 5) is 0. The van der Waals surface area contributed by atoms with Crippen molar-refractivity contribution in [3.05, 3.63) is 41.7 Å². The van der Waals surface area contributed by atoms with E-state index in [0.29, 0.717) is 24.0 Å². The highest BCUT2D eigenvalue weighted by Crippen LogP contribution is 2.17. The van der Waals surface area contributed by atoms with Crippen molar-refractivity contribution >= 4 is 0 Å². The summed E-state index contributed by atoms with van der Waals surface area (Å²) in [5.74, 6) is 1.45. The van der Waals surface area contributed by atoms with Crippen molar-refractivity contribution in [1.29, 1.82) is 0 Å². The Morgan fingerprint density at radius 3 is 2.81 bits per heavy atom. The van der Waals surface area contributed by atoms with Crippen molar-refractivity contribution < 1.29 is 9.13 Å². The summed E-state index contributed by atoms with van der Waals surface area (Å²) in [6.07, 6.45) is 1.60. The van der Waals surface area contributed by atoms with Crippen LogP contribution in [0.4, 0.5) is 4.39 Å². The van der Waals surface area contributed by atoms with E-state index in [1.54, 1.807) is 10.9 Å². The molecule has 6 heteroatoms. The molecule has 0 unspecified atom stereocenters. The highest BCUT2D eigenvalue weighted by molar-refractivity contribution is 5.29. The Kier molecular flexibility index (Phi) is 5.27. The molecule has 0 aliphatic heterocycles. The quantitative estimate of drug-likeness (QED) is 0.850. The first kappa shape index (κ1) is 15.4. The second kappa shape index (κ2) is 7.17. The van der Waals surface area contributed by atoms with Crippen LogP contribution in [0.1, 0.15) is 25.2 Å². The molecule has 114 valence electrons. The Balaban J connectivity index is 1.96. The molecule has 0 atom stereocenters. The van der Waals surface area contributed by atoms with Crippen molar-refractivity contribution in [1.82, 2.24) is 20.1 Å². The number of halogens is 1. The zero-order valence-electron chi connectivity index (χ0n) is 12.6. The van der Waals surface area contributed by atoms with E-state index in [1.807, 2.05) is 13.1 Å². The number of aromatic nitrogens is 3. The molecule has 0 aliphatic rings. The molecule has 0 aliphatic carbocycles. The normalized spacial score (nSPS) is 11.1. The molecule has 0 spiro atoms. The molecule has 1 aromatic heterocycles. The molecule has 0 saturated heterocycles. The Labute approximate surface area is 124 Å². The standard InChI is InChI=1S/C15H21FN4O/c1-11(2)7-17-8-12-4-13(16)6-14(5-12)21-9-15-19-18-10-20(15)3/h4-6,10-11,17H,7-9H2,1-3H3. The summed E-state index contributed by atoms with van der Waals surface area (Å²) in [5.41, 5.74) is 0.864. The average Bonchev–Trinajstić information content (AvgIpc) is 2.81. The lowest BCUT2D eigenvalue weighted by Crippen LogP contribution is -2.19. The Morgan fingerprint density at radius 2 is 2.14 bits per heavy atom. The summed E-state index contributed by atoms with van der Waals surface area (Å²) in [7, 11) is 1.84. The van der Waals surface area contributed by atoms with Crippen LogP contribution in [0.15, 0.2) is 24.5 Å². The van der Waals surface area contributed by atoms with Gasteiger partial charge in [0.05, 0.1) is 0 Å². The number of nitrogens with zero attached hydrogens (tertiary/aromatic N) is 3. The third-order valence-corrected chi connectivity index (χ3v) is 2.99. The molecule has 2 rings (SSSR count). The summed E-state index contributed by atoms with van der Waals surface area (Å²) >= 11 is 0. The lowest BCUT2D eigenvalue weighted by molar-refractivity contribution is 0.289. The number of aryl methyl sites for hydroxylation is 1. The zero-order valence-corrected chi connectivity index (χ0v) is 12.6. The monoisotopic (exact) mass is 292 g/mol. The van der Waals surface area contributed by atoms with Gasteiger partial charge in [0.15, 0.2) is 5.82 Å². The van der Waals surface area contributed by atoms with E-state index < -0.39 is 0 Å². The number of hydrogen-bond donors (Lipinski definition) is 1. The minimum Gasteiger partial charge on any atom is -0.485 e. The van der Waals surface area contributed by atoms with E-state index in [-0.39, 0.29) is 12.4 Å². The molecule has 0 fully saturated rings. The highest BCUT2D eigenvalue weighted by atomic mass is 19.1. The molecule has 0 amide bonds. The van der Waals surface area contributed by atoms with E-state index >= 15 is 0 Å². The molecule has 0 bridgehead atoms. The van der Waals surface area contributed by atoms with Crippen molar-refractivity contribution in [2.24, 2.45) is 13.0 Å². The van der Waals surface area contributed by atoms with Crippen LogP contribution in [0, 0.1) is 11.7 Å². The van der Waals surface area contributed by atoms with Gasteiger partial charge in [0.1, 0.15) is 24.5 Å².